The topological polar surface area (TPSA) is 33.1 Å². The third-order valence-corrected chi connectivity index (χ3v) is 3.96. The van der Waals surface area contributed by atoms with Gasteiger partial charge in [-0.25, -0.2) is 9.37 Å². The zero-order chi connectivity index (χ0) is 20.0. The van der Waals surface area contributed by atoms with Gasteiger partial charge < -0.3 is 5.11 Å². The van der Waals surface area contributed by atoms with Gasteiger partial charge in [0.05, 0.1) is 11.1 Å². The average molecular weight is 389 g/mol. The van der Waals surface area contributed by atoms with Crippen LogP contribution >= 0.6 is 0 Å². The molecule has 1 N–H and O–H groups in total. The molecule has 3 rings (SSSR count). The maximum absolute atomic E-state index is 14.0. The van der Waals surface area contributed by atoms with Crippen LogP contribution in [0, 0.1) is 5.82 Å². The van der Waals surface area contributed by atoms with E-state index in [0.29, 0.717) is 12.1 Å². The maximum atomic E-state index is 14.0. The summed E-state index contributed by atoms with van der Waals surface area (Å²) >= 11 is 0. The van der Waals surface area contributed by atoms with Crippen LogP contribution in [0.15, 0.2) is 48.5 Å². The average Bonchev–Trinajstić information content (AvgIpc) is 2.58. The van der Waals surface area contributed by atoms with Gasteiger partial charge in [0.25, 0.3) is 0 Å². The zero-order valence-electron chi connectivity index (χ0n) is 13.2. The zero-order valence-corrected chi connectivity index (χ0v) is 13.2. The fourth-order valence-electron chi connectivity index (χ4n) is 2.74. The van der Waals surface area contributed by atoms with Crippen molar-refractivity contribution in [2.45, 2.75) is 18.5 Å². The van der Waals surface area contributed by atoms with Gasteiger partial charge in [-0.2, -0.15) is 26.3 Å². The van der Waals surface area contributed by atoms with Crippen molar-refractivity contribution >= 4 is 10.9 Å². The number of hydrogen-bond acceptors (Lipinski definition) is 2. The van der Waals surface area contributed by atoms with E-state index in [9.17, 15) is 35.8 Å². The molecule has 2 nitrogen and oxygen atoms in total. The smallest absolute Gasteiger partial charge is 0.384 e. The van der Waals surface area contributed by atoms with Gasteiger partial charge in [-0.15, -0.1) is 0 Å². The lowest BCUT2D eigenvalue weighted by Crippen LogP contribution is -2.14. The van der Waals surface area contributed by atoms with Crippen molar-refractivity contribution in [2.24, 2.45) is 0 Å². The Morgan fingerprint density at radius 1 is 0.815 bits per heavy atom. The molecule has 9 heteroatoms. The molecule has 27 heavy (non-hydrogen) atoms. The SMILES string of the molecule is OC(c1ccccc1F)c1cc(C(F)(F)F)nc2c(C(F)(F)F)cccc12. The van der Waals surface area contributed by atoms with Crippen LogP contribution in [0.5, 0.6) is 0 Å². The number of hydrogen-bond donors (Lipinski definition) is 1. The van der Waals surface area contributed by atoms with E-state index in [4.69, 9.17) is 0 Å². The Kier molecular flexibility index (Phi) is 4.59. The Morgan fingerprint density at radius 3 is 2.07 bits per heavy atom. The minimum Gasteiger partial charge on any atom is -0.384 e. The Hall–Kier alpha value is -2.68. The summed E-state index contributed by atoms with van der Waals surface area (Å²) in [5, 5.41) is 10.1. The molecule has 2 aromatic carbocycles. The molecule has 0 spiro atoms. The van der Waals surface area contributed by atoms with Crippen LogP contribution < -0.4 is 0 Å². The highest BCUT2D eigenvalue weighted by molar-refractivity contribution is 5.86. The summed E-state index contributed by atoms with van der Waals surface area (Å²) in [6.07, 6.45) is -11.9. The first kappa shape index (κ1) is 19.1. The minimum absolute atomic E-state index is 0.353. The summed E-state index contributed by atoms with van der Waals surface area (Å²) in [6.45, 7) is 0. The molecule has 0 amide bonds. The highest BCUT2D eigenvalue weighted by Gasteiger charge is 2.38. The van der Waals surface area contributed by atoms with Gasteiger partial charge in [0.1, 0.15) is 17.6 Å². The monoisotopic (exact) mass is 389 g/mol. The molecule has 0 aliphatic carbocycles. The van der Waals surface area contributed by atoms with Gasteiger partial charge in [0.15, 0.2) is 0 Å². The lowest BCUT2D eigenvalue weighted by molar-refractivity contribution is -0.142. The third-order valence-electron chi connectivity index (χ3n) is 3.96. The molecule has 0 saturated heterocycles. The molecular formula is C18H10F7NO. The second kappa shape index (κ2) is 6.49. The lowest BCUT2D eigenvalue weighted by Gasteiger charge is -2.19. The summed E-state index contributed by atoms with van der Waals surface area (Å²) in [4.78, 5) is 3.12. The summed E-state index contributed by atoms with van der Waals surface area (Å²) in [5.41, 5.74) is -4.85. The number of alkyl halides is 6. The highest BCUT2D eigenvalue weighted by Crippen LogP contribution is 2.40. The Bertz CT molecular complexity index is 995. The Balaban J connectivity index is 2.36. The number of aromatic nitrogens is 1. The normalized spacial score (nSPS) is 13.8. The van der Waals surface area contributed by atoms with E-state index >= 15 is 0 Å². The van der Waals surface area contributed by atoms with Crippen molar-refractivity contribution in [2.75, 3.05) is 0 Å². The number of aliphatic hydroxyl groups is 1. The summed E-state index contributed by atoms with van der Waals surface area (Å²) in [5.74, 6) is -0.907. The van der Waals surface area contributed by atoms with Crippen LogP contribution in [0.3, 0.4) is 0 Å². The molecule has 0 saturated carbocycles. The number of benzene rings is 2. The van der Waals surface area contributed by atoms with Gasteiger partial charge in [0.2, 0.25) is 0 Å². The molecule has 1 aromatic heterocycles. The summed E-state index contributed by atoms with van der Waals surface area (Å²) < 4.78 is 93.1. The third kappa shape index (κ3) is 3.59. The standard InChI is InChI=1S/C18H10F7NO/c19-13-7-2-1-4-10(13)16(27)11-8-14(18(23,24)25)26-15-9(11)5-3-6-12(15)17(20,21)22/h1-8,16,27H. The first-order chi connectivity index (χ1) is 12.5. The molecule has 0 radical (unpaired) electrons. The van der Waals surface area contributed by atoms with Crippen molar-refractivity contribution in [3.8, 4) is 0 Å². The fraction of sp³-hybridized carbons (Fsp3) is 0.167. The molecule has 1 unspecified atom stereocenters. The highest BCUT2D eigenvalue weighted by atomic mass is 19.4. The molecular weight excluding hydrogens is 379 g/mol. The largest absolute Gasteiger partial charge is 0.433 e. The first-order valence-electron chi connectivity index (χ1n) is 7.50. The predicted molar refractivity (Wildman–Crippen MR) is 82.2 cm³/mol. The van der Waals surface area contributed by atoms with Gasteiger partial charge in [-0.3, -0.25) is 0 Å². The van der Waals surface area contributed by atoms with Crippen molar-refractivity contribution in [3.05, 3.63) is 76.7 Å². The molecule has 1 atom stereocenters. The van der Waals surface area contributed by atoms with E-state index in [2.05, 4.69) is 4.98 Å². The van der Waals surface area contributed by atoms with E-state index in [1.54, 1.807) is 0 Å². The molecule has 0 bridgehead atoms. The summed E-state index contributed by atoms with van der Waals surface area (Å²) in [7, 11) is 0. The van der Waals surface area contributed by atoms with Crippen molar-refractivity contribution < 1.29 is 35.8 Å². The van der Waals surface area contributed by atoms with Gasteiger partial charge >= 0.3 is 12.4 Å². The number of pyridine rings is 1. The van der Waals surface area contributed by atoms with E-state index in [1.165, 1.54) is 12.1 Å². The van der Waals surface area contributed by atoms with Gasteiger partial charge in [-0.1, -0.05) is 30.3 Å². The Labute approximate surface area is 147 Å². The second-order valence-corrected chi connectivity index (χ2v) is 5.72. The van der Waals surface area contributed by atoms with Crippen LogP contribution in [0.1, 0.15) is 28.5 Å². The minimum atomic E-state index is -5.06. The lowest BCUT2D eigenvalue weighted by atomic mass is 9.95. The van der Waals surface area contributed by atoms with Crippen molar-refractivity contribution in [1.29, 1.82) is 0 Å². The molecule has 0 aliphatic rings. The van der Waals surface area contributed by atoms with Crippen LogP contribution in [0.4, 0.5) is 30.7 Å². The fourth-order valence-corrected chi connectivity index (χ4v) is 2.74. The first-order valence-corrected chi connectivity index (χ1v) is 7.50. The molecule has 1 heterocycles. The number of rotatable bonds is 2. The maximum Gasteiger partial charge on any atom is 0.433 e. The van der Waals surface area contributed by atoms with Gasteiger partial charge in [-0.05, 0) is 23.8 Å². The molecule has 142 valence electrons. The number of aliphatic hydroxyl groups excluding tert-OH is 1. The van der Waals surface area contributed by atoms with Crippen molar-refractivity contribution in [1.82, 2.24) is 4.98 Å². The van der Waals surface area contributed by atoms with Crippen LogP contribution in [0.2, 0.25) is 0 Å². The van der Waals surface area contributed by atoms with E-state index in [-0.39, 0.29) is 10.9 Å². The molecule has 3 aromatic rings. The Morgan fingerprint density at radius 2 is 1.48 bits per heavy atom. The van der Waals surface area contributed by atoms with Crippen molar-refractivity contribution in [3.63, 3.8) is 0 Å². The van der Waals surface area contributed by atoms with E-state index in [1.807, 2.05) is 0 Å². The number of para-hydroxylation sites is 1. The quantitative estimate of drug-likeness (QED) is 0.588. The van der Waals surface area contributed by atoms with Crippen LogP contribution in [-0.2, 0) is 12.4 Å². The second-order valence-electron chi connectivity index (χ2n) is 5.72. The summed E-state index contributed by atoms with van der Waals surface area (Å²) in [6, 6.07) is 7.86. The van der Waals surface area contributed by atoms with Gasteiger partial charge in [0, 0.05) is 10.9 Å². The van der Waals surface area contributed by atoms with Crippen LogP contribution in [0.25, 0.3) is 10.9 Å². The predicted octanol–water partition coefficient (Wildman–Crippen LogP) is 5.49. The molecule has 0 fully saturated rings. The van der Waals surface area contributed by atoms with E-state index < -0.39 is 46.6 Å². The number of fused-ring (bicyclic) bond motifs is 1. The van der Waals surface area contributed by atoms with Crippen LogP contribution in [-0.4, -0.2) is 10.1 Å². The van der Waals surface area contributed by atoms with E-state index in [0.717, 1.165) is 24.3 Å². The molecule has 0 aliphatic heterocycles. The number of halogens is 7. The number of nitrogens with zero attached hydrogens (tertiary/aromatic N) is 1.